The fraction of sp³-hybridized carbons (Fsp3) is 1.00. The van der Waals surface area contributed by atoms with Gasteiger partial charge in [0.15, 0.2) is 0 Å². The molecule has 2 unspecified atom stereocenters. The van der Waals surface area contributed by atoms with Crippen molar-refractivity contribution in [1.82, 2.24) is 10.2 Å². The first-order chi connectivity index (χ1) is 8.83. The van der Waals surface area contributed by atoms with Crippen molar-refractivity contribution in [2.75, 3.05) is 40.4 Å². The number of ether oxygens (including phenoxy) is 2. The number of methoxy groups -OCH3 is 2. The van der Waals surface area contributed by atoms with Gasteiger partial charge in [-0.3, -0.25) is 4.90 Å². The number of rotatable bonds is 9. The van der Waals surface area contributed by atoms with E-state index in [-0.39, 0.29) is 12.2 Å². The van der Waals surface area contributed by atoms with Crippen LogP contribution in [-0.2, 0) is 9.47 Å². The Balaban J connectivity index is 1.48. The minimum atomic E-state index is 0.256. The highest BCUT2D eigenvalue weighted by Gasteiger charge is 2.32. The fourth-order valence-electron chi connectivity index (χ4n) is 2.68. The summed E-state index contributed by atoms with van der Waals surface area (Å²) in [4.78, 5) is 2.47. The lowest BCUT2D eigenvalue weighted by Crippen LogP contribution is -2.27. The molecule has 1 saturated heterocycles. The van der Waals surface area contributed by atoms with Gasteiger partial charge in [-0.15, -0.1) is 0 Å². The lowest BCUT2D eigenvalue weighted by atomic mass is 10.2. The summed E-state index contributed by atoms with van der Waals surface area (Å²) in [5, 5.41) is 3.56. The molecule has 0 amide bonds. The van der Waals surface area contributed by atoms with Crippen molar-refractivity contribution in [2.24, 2.45) is 0 Å². The van der Waals surface area contributed by atoms with Crippen LogP contribution in [0.5, 0.6) is 0 Å². The number of nitrogens with zero attached hydrogens (tertiary/aromatic N) is 1. The zero-order valence-electron chi connectivity index (χ0n) is 11.9. The second kappa shape index (κ2) is 7.43. The van der Waals surface area contributed by atoms with Gasteiger partial charge in [0, 0.05) is 33.4 Å². The van der Waals surface area contributed by atoms with Crippen molar-refractivity contribution in [3.63, 3.8) is 0 Å². The minimum absolute atomic E-state index is 0.256. The zero-order valence-corrected chi connectivity index (χ0v) is 11.9. The summed E-state index contributed by atoms with van der Waals surface area (Å²) in [5.74, 6) is 0. The predicted molar refractivity (Wildman–Crippen MR) is 72.9 cm³/mol. The molecule has 1 heterocycles. The molecule has 0 bridgehead atoms. The zero-order chi connectivity index (χ0) is 12.8. The van der Waals surface area contributed by atoms with E-state index in [1.807, 2.05) is 0 Å². The van der Waals surface area contributed by atoms with E-state index >= 15 is 0 Å². The molecular formula is C14H28N2O2. The second-order valence-electron chi connectivity index (χ2n) is 5.60. The van der Waals surface area contributed by atoms with E-state index in [4.69, 9.17) is 9.47 Å². The third-order valence-electron chi connectivity index (χ3n) is 4.06. The molecule has 0 aromatic rings. The maximum absolute atomic E-state index is 5.45. The molecule has 0 aromatic carbocycles. The number of nitrogens with one attached hydrogen (secondary N) is 1. The minimum Gasteiger partial charge on any atom is -0.377 e. The first-order valence-electron chi connectivity index (χ1n) is 7.35. The van der Waals surface area contributed by atoms with Crippen molar-refractivity contribution in [2.45, 2.75) is 50.4 Å². The lowest BCUT2D eigenvalue weighted by molar-refractivity contribution is -0.00461. The molecule has 2 atom stereocenters. The molecular weight excluding hydrogens is 228 g/mol. The maximum Gasteiger partial charge on any atom is 0.0971 e. The van der Waals surface area contributed by atoms with Gasteiger partial charge >= 0.3 is 0 Å². The van der Waals surface area contributed by atoms with E-state index in [1.165, 1.54) is 45.2 Å². The standard InChI is InChI=1S/C14H28N2O2/c1-17-13-10-16(11-14(13)18-2)9-5-3-4-8-15-12-6-7-12/h12-15H,3-11H2,1-2H3. The summed E-state index contributed by atoms with van der Waals surface area (Å²) < 4.78 is 10.9. The summed E-state index contributed by atoms with van der Waals surface area (Å²) in [6, 6.07) is 0.855. The van der Waals surface area contributed by atoms with Gasteiger partial charge in [0.1, 0.15) is 0 Å². The molecule has 1 aliphatic carbocycles. The Morgan fingerprint density at radius 1 is 1.00 bits per heavy atom. The van der Waals surface area contributed by atoms with Gasteiger partial charge in [0.05, 0.1) is 12.2 Å². The van der Waals surface area contributed by atoms with E-state index < -0.39 is 0 Å². The van der Waals surface area contributed by atoms with E-state index in [0.717, 1.165) is 19.1 Å². The monoisotopic (exact) mass is 256 g/mol. The van der Waals surface area contributed by atoms with Crippen LogP contribution in [0.1, 0.15) is 32.1 Å². The molecule has 2 rings (SSSR count). The van der Waals surface area contributed by atoms with Crippen molar-refractivity contribution in [3.05, 3.63) is 0 Å². The Morgan fingerprint density at radius 3 is 2.22 bits per heavy atom. The van der Waals surface area contributed by atoms with Gasteiger partial charge in [0.25, 0.3) is 0 Å². The predicted octanol–water partition coefficient (Wildman–Crippen LogP) is 1.25. The Hall–Kier alpha value is -0.160. The van der Waals surface area contributed by atoms with Crippen LogP contribution in [0.4, 0.5) is 0 Å². The largest absolute Gasteiger partial charge is 0.377 e. The van der Waals surface area contributed by atoms with E-state index in [9.17, 15) is 0 Å². The summed E-state index contributed by atoms with van der Waals surface area (Å²) in [6.45, 7) is 4.43. The van der Waals surface area contributed by atoms with Gasteiger partial charge < -0.3 is 14.8 Å². The Kier molecular flexibility index (Phi) is 5.89. The molecule has 4 heteroatoms. The van der Waals surface area contributed by atoms with Gasteiger partial charge in [0.2, 0.25) is 0 Å². The van der Waals surface area contributed by atoms with Crippen LogP contribution in [0.25, 0.3) is 0 Å². The van der Waals surface area contributed by atoms with Crippen LogP contribution < -0.4 is 5.32 Å². The highest BCUT2D eigenvalue weighted by Crippen LogP contribution is 2.19. The van der Waals surface area contributed by atoms with Crippen LogP contribution in [0.15, 0.2) is 0 Å². The van der Waals surface area contributed by atoms with Crippen molar-refractivity contribution in [3.8, 4) is 0 Å². The molecule has 1 aliphatic heterocycles. The first kappa shape index (κ1) is 14.3. The number of hydrogen-bond donors (Lipinski definition) is 1. The van der Waals surface area contributed by atoms with Crippen LogP contribution in [0, 0.1) is 0 Å². The molecule has 2 aliphatic rings. The maximum atomic E-state index is 5.45. The van der Waals surface area contributed by atoms with Gasteiger partial charge in [-0.2, -0.15) is 0 Å². The third-order valence-corrected chi connectivity index (χ3v) is 4.06. The molecule has 18 heavy (non-hydrogen) atoms. The summed E-state index contributed by atoms with van der Waals surface area (Å²) in [6.07, 6.45) is 7.23. The summed E-state index contributed by atoms with van der Waals surface area (Å²) in [5.41, 5.74) is 0. The molecule has 4 nitrogen and oxygen atoms in total. The van der Waals surface area contributed by atoms with Crippen molar-refractivity contribution in [1.29, 1.82) is 0 Å². The first-order valence-corrected chi connectivity index (χ1v) is 7.35. The Bertz CT molecular complexity index is 222. The van der Waals surface area contributed by atoms with Crippen LogP contribution in [0.2, 0.25) is 0 Å². The SMILES string of the molecule is COC1CN(CCCCCNC2CC2)CC1OC. The summed E-state index contributed by atoms with van der Waals surface area (Å²) in [7, 11) is 3.56. The van der Waals surface area contributed by atoms with E-state index in [2.05, 4.69) is 10.2 Å². The number of likely N-dealkylation sites (tertiary alicyclic amines) is 1. The molecule has 2 fully saturated rings. The molecule has 1 saturated carbocycles. The molecule has 0 radical (unpaired) electrons. The Morgan fingerprint density at radius 2 is 1.67 bits per heavy atom. The number of unbranched alkanes of at least 4 members (excludes halogenated alkanes) is 2. The van der Waals surface area contributed by atoms with Crippen molar-refractivity contribution >= 4 is 0 Å². The summed E-state index contributed by atoms with van der Waals surface area (Å²) >= 11 is 0. The van der Waals surface area contributed by atoms with Gasteiger partial charge in [-0.25, -0.2) is 0 Å². The molecule has 106 valence electrons. The van der Waals surface area contributed by atoms with Crippen LogP contribution >= 0.6 is 0 Å². The van der Waals surface area contributed by atoms with Crippen LogP contribution in [0.3, 0.4) is 0 Å². The molecule has 0 spiro atoms. The second-order valence-corrected chi connectivity index (χ2v) is 5.60. The average molecular weight is 256 g/mol. The third kappa shape index (κ3) is 4.50. The van der Waals surface area contributed by atoms with Crippen molar-refractivity contribution < 1.29 is 9.47 Å². The number of hydrogen-bond acceptors (Lipinski definition) is 4. The van der Waals surface area contributed by atoms with E-state index in [1.54, 1.807) is 14.2 Å². The average Bonchev–Trinajstić information content (AvgIpc) is 3.12. The van der Waals surface area contributed by atoms with Gasteiger partial charge in [-0.05, 0) is 38.8 Å². The Labute approximate surface area is 111 Å². The topological polar surface area (TPSA) is 33.7 Å². The molecule has 0 aromatic heterocycles. The molecule has 1 N–H and O–H groups in total. The normalized spacial score (nSPS) is 29.0. The lowest BCUT2D eigenvalue weighted by Gasteiger charge is -2.14. The van der Waals surface area contributed by atoms with Gasteiger partial charge in [-0.1, -0.05) is 6.42 Å². The quantitative estimate of drug-likeness (QED) is 0.630. The van der Waals surface area contributed by atoms with Crippen LogP contribution in [-0.4, -0.2) is 63.5 Å². The highest BCUT2D eigenvalue weighted by molar-refractivity contribution is 4.85. The van der Waals surface area contributed by atoms with E-state index in [0.29, 0.717) is 0 Å². The highest BCUT2D eigenvalue weighted by atomic mass is 16.5. The smallest absolute Gasteiger partial charge is 0.0971 e. The fourth-order valence-corrected chi connectivity index (χ4v) is 2.68.